The van der Waals surface area contributed by atoms with E-state index in [1.54, 1.807) is 0 Å². The molecule has 336 valence electrons. The number of hydrogen-bond donors (Lipinski definition) is 4. The van der Waals surface area contributed by atoms with Gasteiger partial charge in [-0.25, -0.2) is 19.6 Å². The lowest BCUT2D eigenvalue weighted by molar-refractivity contribution is -0.136. The zero-order valence-corrected chi connectivity index (χ0v) is 37.7. The fourth-order valence-corrected chi connectivity index (χ4v) is 10.9. The molecule has 1 saturated carbocycles. The van der Waals surface area contributed by atoms with Gasteiger partial charge in [0, 0.05) is 13.1 Å². The fourth-order valence-electron chi connectivity index (χ4n) is 10.9. The number of benzene rings is 3. The Morgan fingerprint density at radius 3 is 1.67 bits per heavy atom. The maximum atomic E-state index is 13.8. The Labute approximate surface area is 374 Å². The summed E-state index contributed by atoms with van der Waals surface area (Å²) in [6.07, 6.45) is 8.72. The van der Waals surface area contributed by atoms with Gasteiger partial charge in [-0.3, -0.25) is 9.59 Å². The molecular weight excluding hydrogens is 809 g/mol. The van der Waals surface area contributed by atoms with Crippen LogP contribution in [-0.2, 0) is 19.1 Å². The summed E-state index contributed by atoms with van der Waals surface area (Å²) in [6.45, 7) is 8.89. The molecule has 5 aliphatic rings. The Morgan fingerprint density at radius 1 is 0.641 bits per heavy atom. The van der Waals surface area contributed by atoms with Crippen molar-refractivity contribution in [2.24, 2.45) is 11.8 Å². The third-order valence-electron chi connectivity index (χ3n) is 14.2. The van der Waals surface area contributed by atoms with Gasteiger partial charge in [-0.05, 0) is 126 Å². The van der Waals surface area contributed by atoms with Crippen LogP contribution in [0.25, 0.3) is 44.5 Å². The van der Waals surface area contributed by atoms with Crippen LogP contribution in [0.15, 0.2) is 60.8 Å². The summed E-state index contributed by atoms with van der Waals surface area (Å²) in [5.74, 6) is 2.08. The van der Waals surface area contributed by atoms with Crippen LogP contribution in [0.5, 0.6) is 0 Å². The minimum Gasteiger partial charge on any atom is -0.453 e. The van der Waals surface area contributed by atoms with E-state index in [0.29, 0.717) is 24.9 Å². The molecule has 4 amide bonds. The highest BCUT2D eigenvalue weighted by atomic mass is 16.5. The zero-order chi connectivity index (χ0) is 44.8. The second kappa shape index (κ2) is 17.8. The number of imidazole rings is 2. The van der Waals surface area contributed by atoms with E-state index < -0.39 is 24.3 Å². The van der Waals surface area contributed by atoms with Gasteiger partial charge in [0.15, 0.2) is 0 Å². The summed E-state index contributed by atoms with van der Waals surface area (Å²) in [6, 6.07) is 18.1. The second-order valence-electron chi connectivity index (χ2n) is 18.7. The van der Waals surface area contributed by atoms with Crippen LogP contribution in [0.2, 0.25) is 0 Å². The lowest BCUT2D eigenvalue weighted by Crippen LogP contribution is -2.51. The van der Waals surface area contributed by atoms with Gasteiger partial charge in [-0.2, -0.15) is 0 Å². The van der Waals surface area contributed by atoms with Gasteiger partial charge in [0.25, 0.3) is 0 Å². The van der Waals surface area contributed by atoms with Crippen molar-refractivity contribution >= 4 is 35.0 Å². The Hall–Kier alpha value is -6.18. The quantitative estimate of drug-likeness (QED) is 0.102. The molecule has 4 N–H and O–H groups in total. The SMILES string of the molecule is COC(=O)N[C@H](C(=O)N1CCC[C@H]1c1ncc(-c2ccc(-c3ccc(-c4ccc5nc([C@@H]6CCCN6C(=O)[C@H](NC(=O)OC)C(C)C)[nH]c5c4)c4c3C3CCC4CC3)cc2)[nH]1)C(C)C. The van der Waals surface area contributed by atoms with Crippen LogP contribution in [0.1, 0.15) is 126 Å². The third kappa shape index (κ3) is 8.00. The molecule has 3 fully saturated rings. The molecule has 2 bridgehead atoms. The van der Waals surface area contributed by atoms with Gasteiger partial charge >= 0.3 is 12.2 Å². The smallest absolute Gasteiger partial charge is 0.407 e. The molecular formula is C50H60N8O6. The van der Waals surface area contributed by atoms with E-state index in [9.17, 15) is 19.2 Å². The summed E-state index contributed by atoms with van der Waals surface area (Å²) in [5.41, 5.74) is 11.6. The molecule has 2 saturated heterocycles. The predicted octanol–water partition coefficient (Wildman–Crippen LogP) is 9.13. The molecule has 64 heavy (non-hydrogen) atoms. The number of rotatable bonds is 11. The number of aromatic amines is 2. The van der Waals surface area contributed by atoms with Crippen molar-refractivity contribution in [3.8, 4) is 33.5 Å². The van der Waals surface area contributed by atoms with E-state index in [0.717, 1.165) is 65.2 Å². The Balaban J connectivity index is 0.963. The number of fused-ring (bicyclic) bond motifs is 3. The molecule has 14 nitrogen and oxygen atoms in total. The van der Waals surface area contributed by atoms with Crippen molar-refractivity contribution in [1.82, 2.24) is 40.4 Å². The first kappa shape index (κ1) is 43.1. The topological polar surface area (TPSA) is 175 Å². The van der Waals surface area contributed by atoms with E-state index >= 15 is 0 Å². The van der Waals surface area contributed by atoms with Crippen molar-refractivity contribution < 1.29 is 28.7 Å². The first-order chi connectivity index (χ1) is 30.9. The first-order valence-electron chi connectivity index (χ1n) is 23.1. The van der Waals surface area contributed by atoms with E-state index in [2.05, 4.69) is 75.2 Å². The van der Waals surface area contributed by atoms with Gasteiger partial charge < -0.3 is 39.9 Å². The summed E-state index contributed by atoms with van der Waals surface area (Å²) in [4.78, 5) is 72.3. The number of carbonyl (C=O) groups is 4. The number of methoxy groups -OCH3 is 2. The predicted molar refractivity (Wildman–Crippen MR) is 244 cm³/mol. The maximum absolute atomic E-state index is 13.8. The van der Waals surface area contributed by atoms with Crippen LogP contribution in [-0.4, -0.2) is 93.1 Å². The van der Waals surface area contributed by atoms with E-state index in [-0.39, 0.29) is 35.7 Å². The minimum atomic E-state index is -0.687. The molecule has 0 unspecified atom stereocenters. The highest BCUT2D eigenvalue weighted by Crippen LogP contribution is 2.55. The Bertz CT molecular complexity index is 2550. The minimum absolute atomic E-state index is 0.103. The zero-order valence-electron chi connectivity index (χ0n) is 37.7. The van der Waals surface area contributed by atoms with E-state index in [4.69, 9.17) is 19.4 Å². The largest absolute Gasteiger partial charge is 0.453 e. The van der Waals surface area contributed by atoms with Crippen LogP contribution < -0.4 is 10.6 Å². The summed E-state index contributed by atoms with van der Waals surface area (Å²) in [7, 11) is 2.61. The standard InChI is InChI=1S/C50H60N8O6/c1-27(2)43(55-49(61)63-5)47(59)57-23-7-9-39(57)45-51-26-38(54-45)30-13-11-29(12-14-30)34-20-21-35(42-32-17-15-31(16-18-32)41(34)42)33-19-22-36-37(25-33)53-46(52-36)40-10-8-24-58(40)48(60)44(28(3)4)56-50(62)64-6/h11-14,19-22,25-28,31-32,39-40,43-44H,7-10,15-18,23-24H2,1-6H3,(H,51,54)(H,52,53)(H,55,61)(H,56,62)/t31?,32?,39-,40-,43-,44+/m0/s1. The number of H-pyrrole nitrogens is 2. The molecule has 2 aromatic heterocycles. The first-order valence-corrected chi connectivity index (χ1v) is 23.1. The number of alkyl carbamates (subject to hydrolysis) is 2. The van der Waals surface area contributed by atoms with Crippen molar-refractivity contribution in [2.45, 2.75) is 115 Å². The number of ether oxygens (including phenoxy) is 2. The van der Waals surface area contributed by atoms with Crippen molar-refractivity contribution in [2.75, 3.05) is 27.3 Å². The van der Waals surface area contributed by atoms with Gasteiger partial charge in [0.2, 0.25) is 11.8 Å². The number of likely N-dealkylation sites (tertiary alicyclic amines) is 2. The summed E-state index contributed by atoms with van der Waals surface area (Å²) < 4.78 is 9.62. The molecule has 10 rings (SSSR count). The number of amides is 4. The average molecular weight is 869 g/mol. The Morgan fingerprint density at radius 2 is 1.14 bits per heavy atom. The van der Waals surface area contributed by atoms with Gasteiger partial charge in [-0.1, -0.05) is 70.2 Å². The Kier molecular flexibility index (Phi) is 12.0. The summed E-state index contributed by atoms with van der Waals surface area (Å²) in [5, 5.41) is 5.47. The second-order valence-corrected chi connectivity index (χ2v) is 18.7. The van der Waals surface area contributed by atoms with Crippen LogP contribution in [0, 0.1) is 11.8 Å². The number of hydrogen-bond acceptors (Lipinski definition) is 8. The number of carbonyl (C=O) groups excluding carboxylic acids is 4. The molecule has 2 aliphatic heterocycles. The molecule has 0 radical (unpaired) electrons. The highest BCUT2D eigenvalue weighted by Gasteiger charge is 2.40. The highest BCUT2D eigenvalue weighted by molar-refractivity contribution is 5.89. The number of nitrogens with one attached hydrogen (secondary N) is 4. The molecule has 5 aromatic rings. The van der Waals surface area contributed by atoms with Crippen LogP contribution in [0.4, 0.5) is 9.59 Å². The monoisotopic (exact) mass is 868 g/mol. The van der Waals surface area contributed by atoms with E-state index in [1.165, 1.54) is 67.7 Å². The molecule has 3 aliphatic carbocycles. The van der Waals surface area contributed by atoms with Gasteiger partial charge in [-0.15, -0.1) is 0 Å². The molecule has 14 heteroatoms. The summed E-state index contributed by atoms with van der Waals surface area (Å²) >= 11 is 0. The van der Waals surface area contributed by atoms with Gasteiger partial charge in [0.05, 0.1) is 49.2 Å². The number of nitrogens with zero attached hydrogens (tertiary/aromatic N) is 4. The third-order valence-corrected chi connectivity index (χ3v) is 14.2. The molecule has 3 aromatic carbocycles. The van der Waals surface area contributed by atoms with Crippen molar-refractivity contribution in [3.05, 3.63) is 83.6 Å². The van der Waals surface area contributed by atoms with Crippen LogP contribution >= 0.6 is 0 Å². The lowest BCUT2D eigenvalue weighted by Gasteiger charge is -2.41. The lowest BCUT2D eigenvalue weighted by atomic mass is 9.63. The average Bonchev–Trinajstić information content (AvgIpc) is 4.16. The molecule has 0 spiro atoms. The maximum Gasteiger partial charge on any atom is 0.407 e. The van der Waals surface area contributed by atoms with Gasteiger partial charge in [0.1, 0.15) is 23.7 Å². The molecule has 4 atom stereocenters. The molecule has 4 heterocycles. The van der Waals surface area contributed by atoms with E-state index in [1.807, 2.05) is 43.7 Å². The fraction of sp³-hybridized carbons (Fsp3) is 0.480. The van der Waals surface area contributed by atoms with Crippen molar-refractivity contribution in [3.63, 3.8) is 0 Å². The van der Waals surface area contributed by atoms with Crippen molar-refractivity contribution in [1.29, 1.82) is 0 Å². The van der Waals surface area contributed by atoms with Crippen LogP contribution in [0.3, 0.4) is 0 Å². The number of aromatic nitrogens is 4. The normalized spacial score (nSPS) is 21.3.